The highest BCUT2D eigenvalue weighted by Gasteiger charge is 2.30. The maximum Gasteiger partial charge on any atom is 0.416 e. The Kier molecular flexibility index (Phi) is 3.90. The predicted molar refractivity (Wildman–Crippen MR) is 65.8 cm³/mol. The highest BCUT2D eigenvalue weighted by Crippen LogP contribution is 2.33. The van der Waals surface area contributed by atoms with E-state index in [9.17, 15) is 13.2 Å². The molecule has 19 heavy (non-hydrogen) atoms. The molecule has 0 unspecified atom stereocenters. The Hall–Kier alpha value is -1.82. The number of nitrogens with zero attached hydrogens (tertiary/aromatic N) is 2. The second kappa shape index (κ2) is 5.44. The van der Waals surface area contributed by atoms with Crippen LogP contribution in [0.5, 0.6) is 0 Å². The van der Waals surface area contributed by atoms with Crippen molar-refractivity contribution in [2.45, 2.75) is 12.7 Å². The molecule has 0 saturated carbocycles. The Bertz CT molecular complexity index is 558. The third-order valence-corrected chi connectivity index (χ3v) is 2.72. The lowest BCUT2D eigenvalue weighted by Crippen LogP contribution is -2.07. The summed E-state index contributed by atoms with van der Waals surface area (Å²) in [7, 11) is 0. The molecule has 3 nitrogen and oxygen atoms in total. The van der Waals surface area contributed by atoms with Crippen LogP contribution in [-0.2, 0) is 12.7 Å². The molecular formula is C12H9ClF3N3. The molecule has 0 atom stereocenters. The van der Waals surface area contributed by atoms with Gasteiger partial charge in [-0.15, -0.1) is 0 Å². The second-order valence-corrected chi connectivity index (χ2v) is 4.20. The smallest absolute Gasteiger partial charge is 0.380 e. The van der Waals surface area contributed by atoms with Crippen molar-refractivity contribution in [1.82, 2.24) is 9.97 Å². The molecule has 0 spiro atoms. The quantitative estimate of drug-likeness (QED) is 0.934. The van der Waals surface area contributed by atoms with Gasteiger partial charge < -0.3 is 5.32 Å². The lowest BCUT2D eigenvalue weighted by molar-refractivity contribution is -0.137. The maximum atomic E-state index is 12.6. The molecule has 1 heterocycles. The largest absolute Gasteiger partial charge is 0.416 e. The molecule has 2 rings (SSSR count). The van der Waals surface area contributed by atoms with Crippen molar-refractivity contribution in [3.8, 4) is 0 Å². The lowest BCUT2D eigenvalue weighted by atomic mass is 10.2. The van der Waals surface area contributed by atoms with Crippen LogP contribution in [0.25, 0.3) is 0 Å². The Morgan fingerprint density at radius 1 is 1.16 bits per heavy atom. The van der Waals surface area contributed by atoms with E-state index in [-0.39, 0.29) is 10.7 Å². The summed E-state index contributed by atoms with van der Waals surface area (Å²) in [5.74, 6) is 0. The van der Waals surface area contributed by atoms with E-state index in [0.717, 1.165) is 17.7 Å². The molecule has 0 saturated heterocycles. The molecule has 1 aromatic carbocycles. The molecule has 1 N–H and O–H groups in total. The van der Waals surface area contributed by atoms with E-state index in [1.54, 1.807) is 12.4 Å². The fourth-order valence-corrected chi connectivity index (χ4v) is 1.64. The minimum absolute atomic E-state index is 0.223. The molecule has 100 valence electrons. The Labute approximate surface area is 112 Å². The number of alkyl halides is 3. The minimum atomic E-state index is -4.39. The average Bonchev–Trinajstić information content (AvgIpc) is 2.37. The minimum Gasteiger partial charge on any atom is -0.380 e. The van der Waals surface area contributed by atoms with Crippen molar-refractivity contribution in [3.63, 3.8) is 0 Å². The first-order valence-electron chi connectivity index (χ1n) is 5.31. The van der Waals surface area contributed by atoms with Crippen LogP contribution in [0.3, 0.4) is 0 Å². The SMILES string of the molecule is FC(F)(F)c1ccc(Cl)c(NCc2cncnc2)c1. The standard InChI is InChI=1S/C12H9ClF3N3/c13-10-2-1-9(12(14,15)16)3-11(10)19-6-8-4-17-7-18-5-8/h1-5,7,19H,6H2. The van der Waals surface area contributed by atoms with Crippen LogP contribution in [0, 0.1) is 0 Å². The van der Waals surface area contributed by atoms with E-state index < -0.39 is 11.7 Å². The zero-order chi connectivity index (χ0) is 13.9. The third kappa shape index (κ3) is 3.57. The summed E-state index contributed by atoms with van der Waals surface area (Å²) in [6, 6.07) is 3.14. The van der Waals surface area contributed by atoms with Gasteiger partial charge in [-0.05, 0) is 18.2 Å². The Morgan fingerprint density at radius 3 is 2.47 bits per heavy atom. The number of hydrogen-bond acceptors (Lipinski definition) is 3. The molecule has 2 aromatic rings. The van der Waals surface area contributed by atoms with Crippen molar-refractivity contribution in [1.29, 1.82) is 0 Å². The summed E-state index contributed by atoms with van der Waals surface area (Å²) in [6.45, 7) is 0.294. The number of benzene rings is 1. The summed E-state index contributed by atoms with van der Waals surface area (Å²) >= 11 is 5.85. The molecule has 0 aliphatic rings. The fourth-order valence-electron chi connectivity index (χ4n) is 1.46. The summed E-state index contributed by atoms with van der Waals surface area (Å²) in [5, 5.41) is 3.06. The van der Waals surface area contributed by atoms with Gasteiger partial charge in [-0.1, -0.05) is 11.6 Å². The fraction of sp³-hybridized carbons (Fsp3) is 0.167. The molecule has 0 amide bonds. The summed E-state index contributed by atoms with van der Waals surface area (Å²) in [6.07, 6.45) is 0.126. The van der Waals surface area contributed by atoms with Crippen molar-refractivity contribution in [3.05, 3.63) is 53.1 Å². The van der Waals surface area contributed by atoms with E-state index in [4.69, 9.17) is 11.6 Å². The van der Waals surface area contributed by atoms with Gasteiger partial charge in [0, 0.05) is 24.5 Å². The first-order valence-corrected chi connectivity index (χ1v) is 5.69. The number of halogens is 4. The van der Waals surface area contributed by atoms with Crippen molar-refractivity contribution < 1.29 is 13.2 Å². The van der Waals surface area contributed by atoms with Gasteiger partial charge in [-0.25, -0.2) is 9.97 Å². The molecule has 1 aromatic heterocycles. The van der Waals surface area contributed by atoms with Crippen LogP contribution < -0.4 is 5.32 Å². The molecule has 7 heteroatoms. The molecule has 0 aliphatic carbocycles. The van der Waals surface area contributed by atoms with Crippen LogP contribution >= 0.6 is 11.6 Å². The van der Waals surface area contributed by atoms with Crippen LogP contribution in [0.4, 0.5) is 18.9 Å². The van der Waals surface area contributed by atoms with Crippen LogP contribution in [0.1, 0.15) is 11.1 Å². The van der Waals surface area contributed by atoms with Gasteiger partial charge in [0.25, 0.3) is 0 Å². The average molecular weight is 288 g/mol. The number of rotatable bonds is 3. The van der Waals surface area contributed by atoms with Crippen LogP contribution in [0.15, 0.2) is 36.9 Å². The van der Waals surface area contributed by atoms with E-state index in [2.05, 4.69) is 15.3 Å². The topological polar surface area (TPSA) is 37.8 Å². The first kappa shape index (κ1) is 13.6. The predicted octanol–water partition coefficient (Wildman–Crippen LogP) is 3.76. The highest BCUT2D eigenvalue weighted by molar-refractivity contribution is 6.33. The number of anilines is 1. The van der Waals surface area contributed by atoms with Gasteiger partial charge in [-0.3, -0.25) is 0 Å². The van der Waals surface area contributed by atoms with Crippen molar-refractivity contribution in [2.24, 2.45) is 0 Å². The first-order chi connectivity index (χ1) is 8.97. The van der Waals surface area contributed by atoms with E-state index in [1.807, 2.05) is 0 Å². The van der Waals surface area contributed by atoms with Gasteiger partial charge in [-0.2, -0.15) is 13.2 Å². The van der Waals surface area contributed by atoms with Crippen LogP contribution in [0.2, 0.25) is 5.02 Å². The molecule has 0 radical (unpaired) electrons. The number of hydrogen-bond donors (Lipinski definition) is 1. The molecule has 0 aliphatic heterocycles. The van der Waals surface area contributed by atoms with Gasteiger partial charge >= 0.3 is 6.18 Å². The van der Waals surface area contributed by atoms with Crippen molar-refractivity contribution >= 4 is 17.3 Å². The summed E-state index contributed by atoms with van der Waals surface area (Å²) < 4.78 is 37.7. The second-order valence-electron chi connectivity index (χ2n) is 3.79. The van der Waals surface area contributed by atoms with E-state index >= 15 is 0 Å². The van der Waals surface area contributed by atoms with Gasteiger partial charge in [0.05, 0.1) is 16.3 Å². The molecule has 0 bridgehead atoms. The molecule has 0 fully saturated rings. The number of aromatic nitrogens is 2. The van der Waals surface area contributed by atoms with Crippen molar-refractivity contribution in [2.75, 3.05) is 5.32 Å². The third-order valence-electron chi connectivity index (χ3n) is 2.39. The van der Waals surface area contributed by atoms with Crippen LogP contribution in [-0.4, -0.2) is 9.97 Å². The summed E-state index contributed by atoms with van der Waals surface area (Å²) in [5.41, 5.74) is 0.222. The Balaban J connectivity index is 2.16. The Morgan fingerprint density at radius 2 is 1.84 bits per heavy atom. The zero-order valence-corrected chi connectivity index (χ0v) is 10.3. The molecular weight excluding hydrogens is 279 g/mol. The summed E-state index contributed by atoms with van der Waals surface area (Å²) in [4.78, 5) is 7.62. The van der Waals surface area contributed by atoms with Gasteiger partial charge in [0.15, 0.2) is 0 Å². The van der Waals surface area contributed by atoms with E-state index in [1.165, 1.54) is 12.4 Å². The highest BCUT2D eigenvalue weighted by atomic mass is 35.5. The normalized spacial score (nSPS) is 11.4. The van der Waals surface area contributed by atoms with Gasteiger partial charge in [0.1, 0.15) is 6.33 Å². The lowest BCUT2D eigenvalue weighted by Gasteiger charge is -2.12. The zero-order valence-electron chi connectivity index (χ0n) is 9.58. The number of nitrogens with one attached hydrogen (secondary N) is 1. The maximum absolute atomic E-state index is 12.6. The van der Waals surface area contributed by atoms with Gasteiger partial charge in [0.2, 0.25) is 0 Å². The van der Waals surface area contributed by atoms with E-state index in [0.29, 0.717) is 6.54 Å². The monoisotopic (exact) mass is 287 g/mol.